The number of hydrogen-bond donors (Lipinski definition) is 2. The van der Waals surface area contributed by atoms with E-state index in [1.165, 1.54) is 0 Å². The van der Waals surface area contributed by atoms with E-state index in [1.54, 1.807) is 0 Å². The van der Waals surface area contributed by atoms with Crippen LogP contribution in [0.4, 0.5) is 29.6 Å². The Balaban J connectivity index is 2.22. The molecule has 0 unspecified atom stereocenters. The Kier molecular flexibility index (Phi) is 3.49. The summed E-state index contributed by atoms with van der Waals surface area (Å²) in [5.41, 5.74) is -0.978. The van der Waals surface area contributed by atoms with Gasteiger partial charge in [-0.2, -0.15) is 23.0 Å². The summed E-state index contributed by atoms with van der Waals surface area (Å²) in [6.07, 6.45) is -3.20. The van der Waals surface area contributed by atoms with E-state index in [-0.39, 0.29) is 11.6 Å². The summed E-state index contributed by atoms with van der Waals surface area (Å²) in [6.45, 7) is 0. The van der Waals surface area contributed by atoms with Gasteiger partial charge in [-0.1, -0.05) is 11.6 Å². The van der Waals surface area contributed by atoms with Gasteiger partial charge >= 0.3 is 12.3 Å². The topological polar surface area (TPSA) is 92.9 Å². The van der Waals surface area contributed by atoms with E-state index in [0.29, 0.717) is 10.9 Å². The highest BCUT2D eigenvalue weighted by atomic mass is 35.5. The first-order valence-corrected chi connectivity index (χ1v) is 5.30. The average Bonchev–Trinajstić information content (AvgIpc) is 2.76. The van der Waals surface area contributed by atoms with Crippen LogP contribution in [0.25, 0.3) is 0 Å². The van der Waals surface area contributed by atoms with Crippen LogP contribution in [0, 0.1) is 0 Å². The summed E-state index contributed by atoms with van der Waals surface area (Å²) < 4.78 is 37.9. The lowest BCUT2D eigenvalue weighted by atomic mass is 10.3. The van der Waals surface area contributed by atoms with Crippen molar-refractivity contribution in [3.63, 3.8) is 0 Å². The molecule has 0 aliphatic heterocycles. The van der Waals surface area contributed by atoms with E-state index in [2.05, 4.69) is 20.4 Å². The number of rotatable bonds is 2. The molecule has 2 rings (SSSR count). The van der Waals surface area contributed by atoms with Crippen molar-refractivity contribution in [3.8, 4) is 0 Å². The second kappa shape index (κ2) is 4.96. The molecule has 0 spiro atoms. The van der Waals surface area contributed by atoms with Gasteiger partial charge in [0.15, 0.2) is 0 Å². The van der Waals surface area contributed by atoms with Gasteiger partial charge in [0.25, 0.3) is 0 Å². The van der Waals surface area contributed by atoms with Crippen LogP contribution < -0.4 is 5.32 Å². The van der Waals surface area contributed by atoms with Crippen molar-refractivity contribution in [1.29, 1.82) is 0 Å². The number of alkyl halides is 3. The predicted octanol–water partition coefficient (Wildman–Crippen LogP) is 2.62. The smallest absolute Gasteiger partial charge is 0.432 e. The highest BCUT2D eigenvalue weighted by molar-refractivity contribution is 6.30. The number of carboxylic acid groups (broad SMARTS) is 1. The maximum atomic E-state index is 12.4. The van der Waals surface area contributed by atoms with Crippen LogP contribution in [0.2, 0.25) is 5.15 Å². The van der Waals surface area contributed by atoms with E-state index in [1.807, 2.05) is 0 Å². The third-order valence-electron chi connectivity index (χ3n) is 2.08. The molecule has 2 aromatic heterocycles. The molecule has 2 heterocycles. The van der Waals surface area contributed by atoms with E-state index < -0.39 is 23.0 Å². The second-order valence-corrected chi connectivity index (χ2v) is 3.84. The zero-order valence-electron chi connectivity index (χ0n) is 9.39. The Morgan fingerprint density at radius 1 is 1.40 bits per heavy atom. The molecule has 0 aliphatic carbocycles. The number of aromatic nitrogens is 4. The summed E-state index contributed by atoms with van der Waals surface area (Å²) in [6, 6.07) is 0. The molecule has 2 aromatic rings. The van der Waals surface area contributed by atoms with Gasteiger partial charge in [-0.05, 0) is 0 Å². The van der Waals surface area contributed by atoms with E-state index in [4.69, 9.17) is 16.7 Å². The van der Waals surface area contributed by atoms with Crippen molar-refractivity contribution >= 4 is 29.3 Å². The first-order chi connectivity index (χ1) is 9.27. The van der Waals surface area contributed by atoms with Crippen molar-refractivity contribution in [2.75, 3.05) is 5.32 Å². The molecule has 0 atom stereocenters. The lowest BCUT2D eigenvalue weighted by molar-refractivity contribution is -0.137. The van der Waals surface area contributed by atoms with Gasteiger partial charge in [0.2, 0.25) is 5.95 Å². The minimum Gasteiger partial charge on any atom is -0.463 e. The fourth-order valence-corrected chi connectivity index (χ4v) is 1.47. The largest absolute Gasteiger partial charge is 0.463 e. The Morgan fingerprint density at radius 3 is 2.60 bits per heavy atom. The molecule has 0 aromatic carbocycles. The number of anilines is 2. The van der Waals surface area contributed by atoms with Crippen molar-refractivity contribution < 1.29 is 23.1 Å². The van der Waals surface area contributed by atoms with Crippen molar-refractivity contribution in [3.05, 3.63) is 29.3 Å². The fourth-order valence-electron chi connectivity index (χ4n) is 1.23. The highest BCUT2D eigenvalue weighted by Gasteiger charge is 2.34. The maximum Gasteiger partial charge on any atom is 0.432 e. The zero-order chi connectivity index (χ0) is 14.9. The molecule has 0 amide bonds. The summed E-state index contributed by atoms with van der Waals surface area (Å²) >= 11 is 5.41. The Morgan fingerprint density at radius 2 is 2.10 bits per heavy atom. The quantitative estimate of drug-likeness (QED) is 0.828. The standard InChI is InChI=1S/C9H5ClF3N5O2/c10-6-5(9(11,12)13)2-14-7(17-6)16-4-1-15-18(3-4)8(19)20/h1-3H,(H,19,20)(H,14,16,17). The molecular weight excluding hydrogens is 303 g/mol. The molecule has 0 fully saturated rings. The number of halogens is 4. The van der Waals surface area contributed by atoms with Gasteiger partial charge in [-0.25, -0.2) is 14.8 Å². The van der Waals surface area contributed by atoms with Crippen molar-refractivity contribution in [2.24, 2.45) is 0 Å². The van der Waals surface area contributed by atoms with Gasteiger partial charge in [-0.15, -0.1) is 0 Å². The Hall–Kier alpha value is -2.36. The maximum absolute atomic E-state index is 12.4. The number of nitrogens with one attached hydrogen (secondary N) is 1. The molecule has 0 saturated heterocycles. The van der Waals surface area contributed by atoms with Crippen molar-refractivity contribution in [1.82, 2.24) is 19.7 Å². The Labute approximate surface area is 114 Å². The van der Waals surface area contributed by atoms with E-state index >= 15 is 0 Å². The van der Waals surface area contributed by atoms with E-state index in [0.717, 1.165) is 12.4 Å². The SMILES string of the molecule is O=C(O)n1cc(Nc2ncc(C(F)(F)F)c(Cl)n2)cn1. The van der Waals surface area contributed by atoms with Crippen LogP contribution >= 0.6 is 11.6 Å². The molecule has 2 N–H and O–H groups in total. The molecule has 0 radical (unpaired) electrons. The Bertz CT molecular complexity index is 657. The molecule has 106 valence electrons. The molecule has 20 heavy (non-hydrogen) atoms. The molecule has 0 aliphatic rings. The predicted molar refractivity (Wildman–Crippen MR) is 61.0 cm³/mol. The molecule has 7 nitrogen and oxygen atoms in total. The van der Waals surface area contributed by atoms with Crippen LogP contribution in [0.3, 0.4) is 0 Å². The number of nitrogens with zero attached hydrogens (tertiary/aromatic N) is 4. The number of hydrogen-bond acceptors (Lipinski definition) is 5. The normalized spacial score (nSPS) is 11.4. The van der Waals surface area contributed by atoms with Crippen LogP contribution in [0.5, 0.6) is 0 Å². The molecule has 0 bridgehead atoms. The van der Waals surface area contributed by atoms with Gasteiger partial charge in [0.05, 0.1) is 18.1 Å². The lowest BCUT2D eigenvalue weighted by Gasteiger charge is -2.08. The van der Waals surface area contributed by atoms with Crippen LogP contribution in [-0.4, -0.2) is 30.9 Å². The second-order valence-electron chi connectivity index (χ2n) is 3.48. The van der Waals surface area contributed by atoms with Crippen molar-refractivity contribution in [2.45, 2.75) is 6.18 Å². The first-order valence-electron chi connectivity index (χ1n) is 4.92. The monoisotopic (exact) mass is 307 g/mol. The summed E-state index contributed by atoms with van der Waals surface area (Å²) in [7, 11) is 0. The van der Waals surface area contributed by atoms with E-state index in [9.17, 15) is 18.0 Å². The lowest BCUT2D eigenvalue weighted by Crippen LogP contribution is -2.09. The minimum absolute atomic E-state index is 0.184. The fraction of sp³-hybridized carbons (Fsp3) is 0.111. The average molecular weight is 308 g/mol. The van der Waals surface area contributed by atoms with Crippen LogP contribution in [0.1, 0.15) is 5.56 Å². The van der Waals surface area contributed by atoms with Gasteiger partial charge in [0.1, 0.15) is 10.7 Å². The molecular formula is C9H5ClF3N5O2. The molecule has 0 saturated carbocycles. The van der Waals surface area contributed by atoms with Crippen LogP contribution in [0.15, 0.2) is 18.6 Å². The van der Waals surface area contributed by atoms with Gasteiger partial charge < -0.3 is 10.4 Å². The highest BCUT2D eigenvalue weighted by Crippen LogP contribution is 2.33. The van der Waals surface area contributed by atoms with Gasteiger partial charge in [-0.3, -0.25) is 0 Å². The third-order valence-corrected chi connectivity index (χ3v) is 2.37. The summed E-state index contributed by atoms with van der Waals surface area (Å²) in [4.78, 5) is 17.4. The molecule has 11 heteroatoms. The summed E-state index contributed by atoms with van der Waals surface area (Å²) in [5.74, 6) is -0.215. The van der Waals surface area contributed by atoms with Crippen LogP contribution in [-0.2, 0) is 6.18 Å². The minimum atomic E-state index is -4.65. The summed E-state index contributed by atoms with van der Waals surface area (Å²) in [5, 5.41) is 13.8. The first kappa shape index (κ1) is 14.1. The third kappa shape index (κ3) is 2.96. The van der Waals surface area contributed by atoms with Gasteiger partial charge in [0, 0.05) is 6.20 Å². The zero-order valence-corrected chi connectivity index (χ0v) is 10.1. The number of carbonyl (C=O) groups is 1.